The summed E-state index contributed by atoms with van der Waals surface area (Å²) in [6.45, 7) is 8.62. The molecule has 2 aliphatic rings. The lowest BCUT2D eigenvalue weighted by molar-refractivity contribution is 0.103. The summed E-state index contributed by atoms with van der Waals surface area (Å²) in [5.41, 5.74) is 0. The van der Waals surface area contributed by atoms with Crippen LogP contribution in [0, 0.1) is 5.92 Å². The third-order valence-corrected chi connectivity index (χ3v) is 4.66. The fourth-order valence-corrected chi connectivity index (χ4v) is 3.71. The molecule has 1 saturated carbocycles. The van der Waals surface area contributed by atoms with Crippen molar-refractivity contribution in [3.8, 4) is 0 Å². The Labute approximate surface area is 107 Å². The Kier molecular flexibility index (Phi) is 5.30. The average molecular weight is 238 g/mol. The lowest BCUT2D eigenvalue weighted by Crippen LogP contribution is -2.47. The first-order chi connectivity index (χ1) is 8.31. The van der Waals surface area contributed by atoms with Crippen LogP contribution in [0.25, 0.3) is 0 Å². The lowest BCUT2D eigenvalue weighted by Gasteiger charge is -2.39. The van der Waals surface area contributed by atoms with Gasteiger partial charge in [-0.25, -0.2) is 0 Å². The minimum absolute atomic E-state index is 0.774. The summed E-state index contributed by atoms with van der Waals surface area (Å²) in [5, 5.41) is 3.66. The van der Waals surface area contributed by atoms with Crippen molar-refractivity contribution in [3.05, 3.63) is 0 Å². The van der Waals surface area contributed by atoms with Gasteiger partial charge in [-0.15, -0.1) is 0 Å². The van der Waals surface area contributed by atoms with Gasteiger partial charge < -0.3 is 5.32 Å². The van der Waals surface area contributed by atoms with E-state index in [1.165, 1.54) is 64.6 Å². The predicted molar refractivity (Wildman–Crippen MR) is 74.3 cm³/mol. The van der Waals surface area contributed by atoms with Crippen LogP contribution in [-0.2, 0) is 0 Å². The van der Waals surface area contributed by atoms with Crippen LogP contribution in [0.15, 0.2) is 0 Å². The molecule has 0 aromatic heterocycles. The molecule has 0 bridgehead atoms. The van der Waals surface area contributed by atoms with E-state index in [-0.39, 0.29) is 0 Å². The normalized spacial score (nSPS) is 34.4. The second-order valence-electron chi connectivity index (χ2n) is 6.12. The molecule has 2 rings (SSSR count). The number of nitrogens with zero attached hydrogens (tertiary/aromatic N) is 1. The van der Waals surface area contributed by atoms with Gasteiger partial charge in [-0.2, -0.15) is 0 Å². The minimum Gasteiger partial charge on any atom is -0.313 e. The summed E-state index contributed by atoms with van der Waals surface area (Å²) >= 11 is 0. The van der Waals surface area contributed by atoms with Crippen molar-refractivity contribution in [3.63, 3.8) is 0 Å². The Morgan fingerprint density at radius 1 is 1.12 bits per heavy atom. The van der Waals surface area contributed by atoms with Crippen LogP contribution in [0.4, 0.5) is 0 Å². The highest BCUT2D eigenvalue weighted by atomic mass is 15.2. The largest absolute Gasteiger partial charge is 0.313 e. The van der Waals surface area contributed by atoms with E-state index >= 15 is 0 Å². The molecular weight excluding hydrogens is 208 g/mol. The Bertz CT molecular complexity index is 211. The summed E-state index contributed by atoms with van der Waals surface area (Å²) in [5.74, 6) is 0.914. The highest BCUT2D eigenvalue weighted by Crippen LogP contribution is 2.28. The first-order valence-corrected chi connectivity index (χ1v) is 7.78. The zero-order valence-electron chi connectivity index (χ0n) is 11.8. The van der Waals surface area contributed by atoms with E-state index in [4.69, 9.17) is 0 Å². The second kappa shape index (κ2) is 6.75. The zero-order valence-corrected chi connectivity index (χ0v) is 11.8. The first-order valence-electron chi connectivity index (χ1n) is 7.78. The lowest BCUT2D eigenvalue weighted by atomic mass is 9.84. The Hall–Kier alpha value is -0.0800. The van der Waals surface area contributed by atoms with E-state index in [1.807, 2.05) is 0 Å². The van der Waals surface area contributed by atoms with E-state index in [0.717, 1.165) is 18.0 Å². The maximum atomic E-state index is 3.66. The van der Waals surface area contributed by atoms with E-state index in [0.29, 0.717) is 0 Å². The predicted octanol–water partition coefficient (Wildman–Crippen LogP) is 3.03. The first kappa shape index (κ1) is 13.4. The molecule has 1 saturated heterocycles. The molecule has 1 aliphatic carbocycles. The number of hydrogen-bond acceptors (Lipinski definition) is 2. The van der Waals surface area contributed by atoms with Gasteiger partial charge >= 0.3 is 0 Å². The number of nitrogens with one attached hydrogen (secondary N) is 1. The van der Waals surface area contributed by atoms with Crippen LogP contribution < -0.4 is 5.32 Å². The molecule has 2 heteroatoms. The molecule has 2 fully saturated rings. The highest BCUT2D eigenvalue weighted by Gasteiger charge is 2.28. The summed E-state index contributed by atoms with van der Waals surface area (Å²) in [6.07, 6.45) is 9.87. The van der Waals surface area contributed by atoms with Gasteiger partial charge in [0.15, 0.2) is 0 Å². The van der Waals surface area contributed by atoms with Crippen LogP contribution in [0.1, 0.15) is 58.8 Å². The summed E-state index contributed by atoms with van der Waals surface area (Å²) in [7, 11) is 0. The average Bonchev–Trinajstić information content (AvgIpc) is 2.82. The molecular formula is C15H30N2. The molecule has 0 spiro atoms. The third kappa shape index (κ3) is 3.69. The summed E-state index contributed by atoms with van der Waals surface area (Å²) < 4.78 is 0. The molecule has 17 heavy (non-hydrogen) atoms. The molecule has 1 N–H and O–H groups in total. The van der Waals surface area contributed by atoms with Crippen LogP contribution in [0.5, 0.6) is 0 Å². The van der Waals surface area contributed by atoms with Crippen molar-refractivity contribution >= 4 is 0 Å². The summed E-state index contributed by atoms with van der Waals surface area (Å²) in [6, 6.07) is 1.64. The van der Waals surface area contributed by atoms with Gasteiger partial charge in [0, 0.05) is 18.6 Å². The molecule has 0 radical (unpaired) electrons. The van der Waals surface area contributed by atoms with E-state index < -0.39 is 0 Å². The van der Waals surface area contributed by atoms with Crippen molar-refractivity contribution < 1.29 is 0 Å². The maximum Gasteiger partial charge on any atom is 0.0195 e. The highest BCUT2D eigenvalue weighted by molar-refractivity contribution is 4.85. The topological polar surface area (TPSA) is 15.3 Å². The van der Waals surface area contributed by atoms with Gasteiger partial charge in [-0.3, -0.25) is 4.90 Å². The summed E-state index contributed by atoms with van der Waals surface area (Å²) in [4.78, 5) is 2.80. The maximum absolute atomic E-state index is 3.66. The van der Waals surface area contributed by atoms with E-state index in [9.17, 15) is 0 Å². The molecule has 0 amide bonds. The van der Waals surface area contributed by atoms with Gasteiger partial charge in [0.1, 0.15) is 0 Å². The Balaban J connectivity index is 1.89. The van der Waals surface area contributed by atoms with Crippen LogP contribution in [0.3, 0.4) is 0 Å². The molecule has 1 heterocycles. The van der Waals surface area contributed by atoms with Crippen molar-refractivity contribution in [2.45, 2.75) is 70.9 Å². The molecule has 3 atom stereocenters. The molecule has 0 aromatic carbocycles. The molecule has 1 aliphatic heterocycles. The Morgan fingerprint density at radius 3 is 2.59 bits per heavy atom. The van der Waals surface area contributed by atoms with Gasteiger partial charge in [-0.1, -0.05) is 26.7 Å². The van der Waals surface area contributed by atoms with Crippen LogP contribution in [0.2, 0.25) is 0 Å². The quantitative estimate of drug-likeness (QED) is 0.792. The van der Waals surface area contributed by atoms with Crippen molar-refractivity contribution in [1.82, 2.24) is 10.2 Å². The third-order valence-electron chi connectivity index (χ3n) is 4.66. The van der Waals surface area contributed by atoms with Crippen LogP contribution >= 0.6 is 0 Å². The smallest absolute Gasteiger partial charge is 0.0195 e. The monoisotopic (exact) mass is 238 g/mol. The number of hydrogen-bond donors (Lipinski definition) is 1. The molecule has 0 aromatic rings. The van der Waals surface area contributed by atoms with Crippen molar-refractivity contribution in [1.29, 1.82) is 0 Å². The SMILES string of the molecule is CCCN(CC1CCCN1)C1CCCCC1C. The van der Waals surface area contributed by atoms with E-state index in [1.54, 1.807) is 0 Å². The fraction of sp³-hybridized carbons (Fsp3) is 1.00. The minimum atomic E-state index is 0.774. The van der Waals surface area contributed by atoms with Gasteiger partial charge in [0.25, 0.3) is 0 Å². The second-order valence-corrected chi connectivity index (χ2v) is 6.12. The van der Waals surface area contributed by atoms with Gasteiger partial charge in [0.05, 0.1) is 0 Å². The van der Waals surface area contributed by atoms with Crippen molar-refractivity contribution in [2.24, 2.45) is 5.92 Å². The molecule has 3 unspecified atom stereocenters. The molecule has 2 nitrogen and oxygen atoms in total. The zero-order chi connectivity index (χ0) is 12.1. The van der Waals surface area contributed by atoms with Crippen molar-refractivity contribution in [2.75, 3.05) is 19.6 Å². The van der Waals surface area contributed by atoms with E-state index in [2.05, 4.69) is 24.1 Å². The number of rotatable bonds is 5. The van der Waals surface area contributed by atoms with Gasteiger partial charge in [0.2, 0.25) is 0 Å². The molecule has 100 valence electrons. The van der Waals surface area contributed by atoms with Gasteiger partial charge in [-0.05, 0) is 51.1 Å². The fourth-order valence-electron chi connectivity index (χ4n) is 3.71. The van der Waals surface area contributed by atoms with Crippen LogP contribution in [-0.4, -0.2) is 36.6 Å². The Morgan fingerprint density at radius 2 is 1.94 bits per heavy atom. The standard InChI is InChI=1S/C15H30N2/c1-3-11-17(12-14-8-6-10-16-14)15-9-5-4-7-13(15)2/h13-16H,3-12H2,1-2H3.